The molecule has 24 heavy (non-hydrogen) atoms. The summed E-state index contributed by atoms with van der Waals surface area (Å²) in [5.74, 6) is 1.98. The summed E-state index contributed by atoms with van der Waals surface area (Å²) < 4.78 is 33.4. The molecular formula is C20H26F2O2. The molecule has 4 heteroatoms. The smallest absolute Gasteiger partial charge is 0.251 e. The highest BCUT2D eigenvalue weighted by Crippen LogP contribution is 2.61. The van der Waals surface area contributed by atoms with Crippen molar-refractivity contribution in [3.8, 4) is 0 Å². The minimum absolute atomic E-state index is 0.112. The lowest BCUT2D eigenvalue weighted by molar-refractivity contribution is -0.149. The number of halogens is 2. The highest BCUT2D eigenvalue weighted by atomic mass is 19.3. The molecule has 0 aromatic heterocycles. The van der Waals surface area contributed by atoms with Crippen LogP contribution in [-0.2, 0) is 9.53 Å². The summed E-state index contributed by atoms with van der Waals surface area (Å²) in [6.07, 6.45) is 6.96. The lowest BCUT2D eigenvalue weighted by Crippen LogP contribution is -2.50. The Morgan fingerprint density at radius 3 is 2.83 bits per heavy atom. The van der Waals surface area contributed by atoms with Gasteiger partial charge in [-0.15, -0.1) is 0 Å². The van der Waals surface area contributed by atoms with Crippen molar-refractivity contribution >= 4 is 5.78 Å². The molecule has 0 unspecified atom stereocenters. The Morgan fingerprint density at radius 2 is 2.08 bits per heavy atom. The normalized spacial score (nSPS) is 41.2. The molecule has 0 saturated heterocycles. The van der Waals surface area contributed by atoms with Crippen LogP contribution in [0.1, 0.15) is 51.9 Å². The number of alkyl halides is 2. The van der Waals surface area contributed by atoms with Crippen LogP contribution in [0.3, 0.4) is 0 Å². The van der Waals surface area contributed by atoms with Gasteiger partial charge in [-0.25, -0.2) is 8.78 Å². The molecule has 0 radical (unpaired) electrons. The summed E-state index contributed by atoms with van der Waals surface area (Å²) in [5.41, 5.74) is 0.0212. The molecule has 0 bridgehead atoms. The van der Waals surface area contributed by atoms with E-state index < -0.39 is 11.8 Å². The standard InChI is InChI=1S/C20H26F2O2/c1-2-24-13-4-6-14-12(11-13)3-5-16-15(14)9-10-20(19(21)22)17(16)7-8-18(20)23/h3,11,14-17,19H,2,4-10H2,1H3/t14-,15+,16+,17-,20+/m0/s1. The Kier molecular flexibility index (Phi) is 4.04. The van der Waals surface area contributed by atoms with E-state index in [1.54, 1.807) is 0 Å². The molecule has 132 valence electrons. The highest BCUT2D eigenvalue weighted by Gasteiger charge is 2.62. The molecule has 5 atom stereocenters. The van der Waals surface area contributed by atoms with Crippen molar-refractivity contribution in [3.05, 3.63) is 23.5 Å². The third-order valence-electron chi connectivity index (χ3n) is 7.14. The topological polar surface area (TPSA) is 26.3 Å². The van der Waals surface area contributed by atoms with E-state index >= 15 is 0 Å². The SMILES string of the molecule is CCOC1=CC2=CC[C@@H]3[C@H](CC[C@]4(C(F)F)C(=O)CC[C@@H]34)[C@H]2CC1. The fourth-order valence-electron chi connectivity index (χ4n) is 6.13. The first-order valence-corrected chi connectivity index (χ1v) is 9.42. The van der Waals surface area contributed by atoms with Gasteiger partial charge in [-0.1, -0.05) is 6.08 Å². The number of hydrogen-bond acceptors (Lipinski definition) is 2. The molecule has 0 amide bonds. The summed E-state index contributed by atoms with van der Waals surface area (Å²) in [6, 6.07) is 0. The number of carbonyl (C=O) groups is 1. The average molecular weight is 336 g/mol. The third-order valence-corrected chi connectivity index (χ3v) is 7.14. The fraction of sp³-hybridized carbons (Fsp3) is 0.750. The first-order chi connectivity index (χ1) is 11.6. The monoisotopic (exact) mass is 336 g/mol. The van der Waals surface area contributed by atoms with Crippen LogP contribution >= 0.6 is 0 Å². The van der Waals surface area contributed by atoms with E-state index in [-0.39, 0.29) is 17.6 Å². The molecular weight excluding hydrogens is 310 g/mol. The molecule has 0 spiro atoms. The van der Waals surface area contributed by atoms with E-state index in [2.05, 4.69) is 12.2 Å². The number of carbonyl (C=O) groups excluding carboxylic acids is 1. The molecule has 0 aliphatic heterocycles. The number of hydrogen-bond donors (Lipinski definition) is 0. The van der Waals surface area contributed by atoms with E-state index in [9.17, 15) is 13.6 Å². The van der Waals surface area contributed by atoms with Gasteiger partial charge in [0.15, 0.2) is 0 Å². The zero-order valence-corrected chi connectivity index (χ0v) is 14.3. The van der Waals surface area contributed by atoms with Crippen LogP contribution in [-0.4, -0.2) is 18.8 Å². The van der Waals surface area contributed by atoms with Gasteiger partial charge < -0.3 is 4.74 Å². The van der Waals surface area contributed by atoms with Crippen LogP contribution < -0.4 is 0 Å². The van der Waals surface area contributed by atoms with E-state index in [0.717, 1.165) is 31.4 Å². The van der Waals surface area contributed by atoms with Crippen molar-refractivity contribution in [2.75, 3.05) is 6.61 Å². The number of rotatable bonds is 3. The zero-order valence-electron chi connectivity index (χ0n) is 14.3. The van der Waals surface area contributed by atoms with Crippen molar-refractivity contribution in [3.63, 3.8) is 0 Å². The molecule has 0 heterocycles. The van der Waals surface area contributed by atoms with Gasteiger partial charge in [0.05, 0.1) is 17.8 Å². The summed E-state index contributed by atoms with van der Waals surface area (Å²) in [6.45, 7) is 2.69. The van der Waals surface area contributed by atoms with Crippen LogP contribution in [0.15, 0.2) is 23.5 Å². The van der Waals surface area contributed by atoms with E-state index in [1.807, 2.05) is 6.92 Å². The van der Waals surface area contributed by atoms with E-state index in [4.69, 9.17) is 4.74 Å². The van der Waals surface area contributed by atoms with Crippen molar-refractivity contribution in [1.82, 2.24) is 0 Å². The Labute approximate surface area is 142 Å². The number of ketones is 1. The van der Waals surface area contributed by atoms with Crippen LogP contribution in [0.4, 0.5) is 8.78 Å². The van der Waals surface area contributed by atoms with Crippen LogP contribution in [0.25, 0.3) is 0 Å². The largest absolute Gasteiger partial charge is 0.498 e. The zero-order chi connectivity index (χ0) is 16.9. The van der Waals surface area contributed by atoms with Gasteiger partial charge >= 0.3 is 0 Å². The van der Waals surface area contributed by atoms with Crippen LogP contribution in [0.5, 0.6) is 0 Å². The Bertz CT molecular complexity index is 594. The Balaban J connectivity index is 1.63. The third kappa shape index (κ3) is 2.21. The maximum atomic E-state index is 13.9. The van der Waals surface area contributed by atoms with Crippen molar-refractivity contribution in [2.45, 2.75) is 58.3 Å². The van der Waals surface area contributed by atoms with Gasteiger partial charge in [0.2, 0.25) is 0 Å². The number of Topliss-reactive ketones (excluding diaryl/α,β-unsaturated/α-hetero) is 1. The van der Waals surface area contributed by atoms with Gasteiger partial charge in [-0.05, 0) is 74.3 Å². The average Bonchev–Trinajstić information content (AvgIpc) is 2.93. The molecule has 0 aromatic carbocycles. The summed E-state index contributed by atoms with van der Waals surface area (Å²) >= 11 is 0. The molecule has 0 aromatic rings. The second kappa shape index (κ2) is 5.96. The number of allylic oxidation sites excluding steroid dienone is 4. The molecule has 0 N–H and O–H groups in total. The second-order valence-electron chi connectivity index (χ2n) is 7.90. The van der Waals surface area contributed by atoms with Gasteiger partial charge in [0.25, 0.3) is 6.43 Å². The molecule has 4 aliphatic rings. The molecule has 2 fully saturated rings. The fourth-order valence-corrected chi connectivity index (χ4v) is 6.13. The lowest BCUT2D eigenvalue weighted by Gasteiger charge is -2.51. The van der Waals surface area contributed by atoms with Gasteiger partial charge in [-0.3, -0.25) is 4.79 Å². The van der Waals surface area contributed by atoms with Gasteiger partial charge in [0, 0.05) is 12.8 Å². The summed E-state index contributed by atoms with van der Waals surface area (Å²) in [4.78, 5) is 12.3. The van der Waals surface area contributed by atoms with Crippen molar-refractivity contribution < 1.29 is 18.3 Å². The highest BCUT2D eigenvalue weighted by molar-refractivity contribution is 5.88. The van der Waals surface area contributed by atoms with E-state index in [0.29, 0.717) is 37.7 Å². The quantitative estimate of drug-likeness (QED) is 0.732. The van der Waals surface area contributed by atoms with Crippen molar-refractivity contribution in [1.29, 1.82) is 0 Å². The number of ether oxygens (including phenoxy) is 1. The predicted molar refractivity (Wildman–Crippen MR) is 87.5 cm³/mol. The minimum Gasteiger partial charge on any atom is -0.498 e. The molecule has 4 aliphatic carbocycles. The first kappa shape index (κ1) is 16.3. The Hall–Kier alpha value is -1.19. The van der Waals surface area contributed by atoms with Crippen LogP contribution in [0.2, 0.25) is 0 Å². The lowest BCUT2D eigenvalue weighted by atomic mass is 9.53. The van der Waals surface area contributed by atoms with Crippen molar-refractivity contribution in [2.24, 2.45) is 29.1 Å². The summed E-state index contributed by atoms with van der Waals surface area (Å²) in [7, 11) is 0. The Morgan fingerprint density at radius 1 is 1.25 bits per heavy atom. The molecule has 2 nitrogen and oxygen atoms in total. The predicted octanol–water partition coefficient (Wildman–Crippen LogP) is 4.90. The van der Waals surface area contributed by atoms with Gasteiger partial charge in [0.1, 0.15) is 5.78 Å². The second-order valence-corrected chi connectivity index (χ2v) is 7.90. The maximum absolute atomic E-state index is 13.9. The molecule has 4 rings (SSSR count). The van der Waals surface area contributed by atoms with E-state index in [1.165, 1.54) is 5.57 Å². The number of fused-ring (bicyclic) bond motifs is 5. The van der Waals surface area contributed by atoms with Gasteiger partial charge in [-0.2, -0.15) is 0 Å². The first-order valence-electron chi connectivity index (χ1n) is 9.42. The summed E-state index contributed by atoms with van der Waals surface area (Å²) in [5, 5.41) is 0. The minimum atomic E-state index is -2.50. The van der Waals surface area contributed by atoms with Crippen LogP contribution in [0, 0.1) is 29.1 Å². The maximum Gasteiger partial charge on any atom is 0.251 e. The molecule has 2 saturated carbocycles.